The zero-order valence-corrected chi connectivity index (χ0v) is 10.6. The summed E-state index contributed by atoms with van der Waals surface area (Å²) >= 11 is 0. The number of halogens is 1. The van der Waals surface area contributed by atoms with Gasteiger partial charge in [0.25, 0.3) is 0 Å². The van der Waals surface area contributed by atoms with Crippen molar-refractivity contribution in [1.82, 2.24) is 5.32 Å². The highest BCUT2D eigenvalue weighted by Gasteiger charge is 2.15. The first kappa shape index (κ1) is 13.0. The van der Waals surface area contributed by atoms with E-state index in [9.17, 15) is 9.18 Å². The average Bonchev–Trinajstić information content (AvgIpc) is 2.86. The van der Waals surface area contributed by atoms with Gasteiger partial charge in [-0.25, -0.2) is 4.39 Å². The highest BCUT2D eigenvalue weighted by molar-refractivity contribution is 5.91. The van der Waals surface area contributed by atoms with Crippen LogP contribution in [0.15, 0.2) is 18.2 Å². The third kappa shape index (κ3) is 3.29. The predicted molar refractivity (Wildman–Crippen MR) is 70.0 cm³/mol. The third-order valence-corrected chi connectivity index (χ3v) is 3.42. The fraction of sp³-hybridized carbons (Fsp3) is 0.500. The van der Waals surface area contributed by atoms with E-state index >= 15 is 0 Å². The molecule has 0 bridgehead atoms. The molecule has 4 heteroatoms. The van der Waals surface area contributed by atoms with Crippen LogP contribution in [0.5, 0.6) is 0 Å². The number of rotatable bonds is 4. The first-order valence-electron chi connectivity index (χ1n) is 6.45. The van der Waals surface area contributed by atoms with Crippen molar-refractivity contribution >= 4 is 11.6 Å². The molecule has 1 aromatic carbocycles. The maximum atomic E-state index is 13.3. The fourth-order valence-electron chi connectivity index (χ4n) is 2.26. The number of carbonyl (C=O) groups excluding carboxylic acids is 1. The molecule has 1 saturated heterocycles. The Labute approximate surface area is 107 Å². The van der Waals surface area contributed by atoms with Crippen LogP contribution < -0.4 is 10.6 Å². The van der Waals surface area contributed by atoms with E-state index in [-0.39, 0.29) is 11.7 Å². The quantitative estimate of drug-likeness (QED) is 0.862. The van der Waals surface area contributed by atoms with Crippen LogP contribution in [-0.2, 0) is 4.79 Å². The lowest BCUT2D eigenvalue weighted by atomic mass is 10.1. The van der Waals surface area contributed by atoms with E-state index in [4.69, 9.17) is 0 Å². The number of hydrogen-bond donors (Lipinski definition) is 2. The van der Waals surface area contributed by atoms with Crippen molar-refractivity contribution in [2.75, 3.05) is 11.9 Å². The molecule has 1 unspecified atom stereocenters. The molecule has 0 aromatic heterocycles. The molecule has 1 aromatic rings. The molecule has 18 heavy (non-hydrogen) atoms. The molecule has 98 valence electrons. The Morgan fingerprint density at radius 1 is 1.56 bits per heavy atom. The third-order valence-electron chi connectivity index (χ3n) is 3.42. The summed E-state index contributed by atoms with van der Waals surface area (Å²) in [6.45, 7) is 2.72. The molecule has 1 fully saturated rings. The van der Waals surface area contributed by atoms with Gasteiger partial charge in [0, 0.05) is 23.7 Å². The maximum absolute atomic E-state index is 13.3. The van der Waals surface area contributed by atoms with Crippen molar-refractivity contribution in [3.8, 4) is 0 Å². The van der Waals surface area contributed by atoms with Crippen molar-refractivity contribution in [3.63, 3.8) is 0 Å². The van der Waals surface area contributed by atoms with Crippen molar-refractivity contribution in [2.24, 2.45) is 0 Å². The number of benzene rings is 1. The zero-order valence-electron chi connectivity index (χ0n) is 10.6. The van der Waals surface area contributed by atoms with Gasteiger partial charge >= 0.3 is 0 Å². The zero-order chi connectivity index (χ0) is 13.0. The van der Waals surface area contributed by atoms with Crippen LogP contribution in [-0.4, -0.2) is 18.5 Å². The molecule has 0 saturated carbocycles. The lowest BCUT2D eigenvalue weighted by Gasteiger charge is -2.11. The Bertz CT molecular complexity index is 428. The number of anilines is 1. The van der Waals surface area contributed by atoms with Crippen LogP contribution in [0.3, 0.4) is 0 Å². The van der Waals surface area contributed by atoms with E-state index in [0.717, 1.165) is 19.4 Å². The molecule has 0 aliphatic carbocycles. The van der Waals surface area contributed by atoms with E-state index in [2.05, 4.69) is 10.6 Å². The molecule has 1 atom stereocenters. The molecule has 0 radical (unpaired) electrons. The van der Waals surface area contributed by atoms with E-state index in [1.54, 1.807) is 19.1 Å². The SMILES string of the molecule is Cc1c(F)cccc1NC(=O)CCC1CCCN1. The summed E-state index contributed by atoms with van der Waals surface area (Å²) in [5.74, 6) is -0.331. The van der Waals surface area contributed by atoms with Gasteiger partial charge in [-0.05, 0) is 44.9 Å². The summed E-state index contributed by atoms with van der Waals surface area (Å²) in [5.41, 5.74) is 1.06. The number of amides is 1. The molecule has 1 aliphatic rings. The van der Waals surface area contributed by atoms with E-state index in [1.807, 2.05) is 0 Å². The van der Waals surface area contributed by atoms with Gasteiger partial charge in [0.2, 0.25) is 5.91 Å². The summed E-state index contributed by atoms with van der Waals surface area (Å²) in [4.78, 5) is 11.8. The first-order chi connectivity index (χ1) is 8.66. The molecule has 0 spiro atoms. The van der Waals surface area contributed by atoms with Gasteiger partial charge in [0.05, 0.1) is 0 Å². The summed E-state index contributed by atoms with van der Waals surface area (Å²) < 4.78 is 13.3. The number of hydrogen-bond acceptors (Lipinski definition) is 2. The van der Waals surface area contributed by atoms with Crippen LogP contribution in [0.1, 0.15) is 31.2 Å². The van der Waals surface area contributed by atoms with Crippen LogP contribution in [0, 0.1) is 12.7 Å². The minimum absolute atomic E-state index is 0.0441. The molecule has 2 rings (SSSR count). The second kappa shape index (κ2) is 5.96. The minimum Gasteiger partial charge on any atom is -0.326 e. The second-order valence-corrected chi connectivity index (χ2v) is 4.79. The van der Waals surface area contributed by atoms with Crippen molar-refractivity contribution in [2.45, 2.75) is 38.6 Å². The fourth-order valence-corrected chi connectivity index (χ4v) is 2.26. The molecule has 3 nitrogen and oxygen atoms in total. The van der Waals surface area contributed by atoms with Crippen molar-refractivity contribution in [1.29, 1.82) is 0 Å². The van der Waals surface area contributed by atoms with Crippen molar-refractivity contribution in [3.05, 3.63) is 29.6 Å². The average molecular weight is 250 g/mol. The molecule has 1 amide bonds. The Hall–Kier alpha value is -1.42. The van der Waals surface area contributed by atoms with E-state index < -0.39 is 0 Å². The highest BCUT2D eigenvalue weighted by atomic mass is 19.1. The Kier molecular flexibility index (Phi) is 4.31. The summed E-state index contributed by atoms with van der Waals surface area (Å²) in [5, 5.41) is 6.12. The molecular formula is C14H19FN2O. The van der Waals surface area contributed by atoms with Crippen LogP contribution >= 0.6 is 0 Å². The number of nitrogens with one attached hydrogen (secondary N) is 2. The highest BCUT2D eigenvalue weighted by Crippen LogP contribution is 2.18. The van der Waals surface area contributed by atoms with Gasteiger partial charge in [-0.1, -0.05) is 6.07 Å². The van der Waals surface area contributed by atoms with Crippen LogP contribution in [0.25, 0.3) is 0 Å². The Morgan fingerprint density at radius 2 is 2.39 bits per heavy atom. The normalized spacial score (nSPS) is 18.9. The molecule has 1 heterocycles. The van der Waals surface area contributed by atoms with Gasteiger partial charge in [-0.15, -0.1) is 0 Å². The van der Waals surface area contributed by atoms with E-state index in [0.29, 0.717) is 23.7 Å². The lowest BCUT2D eigenvalue weighted by molar-refractivity contribution is -0.116. The standard InChI is InChI=1S/C14H19FN2O/c1-10-12(15)5-2-6-13(10)17-14(18)8-7-11-4-3-9-16-11/h2,5-6,11,16H,3-4,7-9H2,1H3,(H,17,18). The van der Waals surface area contributed by atoms with Crippen LogP contribution in [0.2, 0.25) is 0 Å². The Morgan fingerprint density at radius 3 is 3.11 bits per heavy atom. The summed E-state index contributed by atoms with van der Waals surface area (Å²) in [7, 11) is 0. The van der Waals surface area contributed by atoms with Crippen LogP contribution in [0.4, 0.5) is 10.1 Å². The van der Waals surface area contributed by atoms with Gasteiger partial charge in [0.1, 0.15) is 5.82 Å². The van der Waals surface area contributed by atoms with Gasteiger partial charge in [-0.3, -0.25) is 4.79 Å². The lowest BCUT2D eigenvalue weighted by Crippen LogP contribution is -2.23. The topological polar surface area (TPSA) is 41.1 Å². The maximum Gasteiger partial charge on any atom is 0.224 e. The van der Waals surface area contributed by atoms with E-state index in [1.165, 1.54) is 12.5 Å². The van der Waals surface area contributed by atoms with Crippen molar-refractivity contribution < 1.29 is 9.18 Å². The second-order valence-electron chi connectivity index (χ2n) is 4.79. The van der Waals surface area contributed by atoms with Gasteiger partial charge < -0.3 is 10.6 Å². The number of carbonyl (C=O) groups is 1. The predicted octanol–water partition coefficient (Wildman–Crippen LogP) is 2.60. The first-order valence-corrected chi connectivity index (χ1v) is 6.45. The summed E-state index contributed by atoms with van der Waals surface area (Å²) in [6.07, 6.45) is 3.66. The Balaban J connectivity index is 1.84. The largest absolute Gasteiger partial charge is 0.326 e. The molecular weight excluding hydrogens is 231 g/mol. The summed E-state index contributed by atoms with van der Waals surface area (Å²) in [6, 6.07) is 5.19. The van der Waals surface area contributed by atoms with Gasteiger partial charge in [-0.2, -0.15) is 0 Å². The smallest absolute Gasteiger partial charge is 0.224 e. The molecule has 2 N–H and O–H groups in total. The van der Waals surface area contributed by atoms with Gasteiger partial charge in [0.15, 0.2) is 0 Å². The molecule has 1 aliphatic heterocycles. The monoisotopic (exact) mass is 250 g/mol. The minimum atomic E-state index is -0.287.